The second kappa shape index (κ2) is 7.02. The highest BCUT2D eigenvalue weighted by Crippen LogP contribution is 2.30. The fraction of sp³-hybridized carbons (Fsp3) is 0.286. The van der Waals surface area contributed by atoms with Crippen molar-refractivity contribution >= 4 is 27.7 Å². The lowest BCUT2D eigenvalue weighted by Gasteiger charge is -2.16. The molecule has 0 saturated heterocycles. The molecule has 1 heterocycles. The van der Waals surface area contributed by atoms with E-state index in [4.69, 9.17) is 4.42 Å². The molecule has 0 radical (unpaired) electrons. The monoisotopic (exact) mass is 325 g/mol. The van der Waals surface area contributed by atoms with Crippen molar-refractivity contribution in [3.05, 3.63) is 52.9 Å². The number of rotatable bonds is 6. The molecule has 0 bridgehead atoms. The maximum absolute atomic E-state index is 5.16. The topological polar surface area (TPSA) is 25.2 Å². The summed E-state index contributed by atoms with van der Waals surface area (Å²) in [4.78, 5) is 1.27. The summed E-state index contributed by atoms with van der Waals surface area (Å²) < 4.78 is 6.31. The number of thioether (sulfide) groups is 1. The summed E-state index contributed by atoms with van der Waals surface area (Å²) in [5.74, 6) is 0.982. The van der Waals surface area contributed by atoms with Crippen LogP contribution in [0.2, 0.25) is 0 Å². The predicted molar refractivity (Wildman–Crippen MR) is 80.0 cm³/mol. The third-order valence-electron chi connectivity index (χ3n) is 2.64. The van der Waals surface area contributed by atoms with Crippen LogP contribution in [-0.2, 0) is 0 Å². The molecule has 0 aliphatic heterocycles. The molecular weight excluding hydrogens is 310 g/mol. The summed E-state index contributed by atoms with van der Waals surface area (Å²) in [6.45, 7) is 3.07. The zero-order chi connectivity index (χ0) is 12.8. The molecule has 2 nitrogen and oxygen atoms in total. The van der Waals surface area contributed by atoms with Crippen LogP contribution in [0.25, 0.3) is 0 Å². The first-order valence-corrected chi connectivity index (χ1v) is 7.72. The van der Waals surface area contributed by atoms with Crippen LogP contribution in [0.1, 0.15) is 18.5 Å². The van der Waals surface area contributed by atoms with Gasteiger partial charge in [0.25, 0.3) is 0 Å². The molecule has 0 fully saturated rings. The number of halogens is 1. The quantitative estimate of drug-likeness (QED) is 0.792. The molecule has 0 saturated carbocycles. The second-order valence-corrected chi connectivity index (χ2v) is 5.82. The van der Waals surface area contributed by atoms with Gasteiger partial charge in [-0.2, -0.15) is 0 Å². The lowest BCUT2D eigenvalue weighted by atomic mass is 10.2. The zero-order valence-electron chi connectivity index (χ0n) is 10.2. The van der Waals surface area contributed by atoms with Crippen molar-refractivity contribution in [2.24, 2.45) is 0 Å². The number of nitrogens with one attached hydrogen (secondary N) is 1. The largest absolute Gasteiger partial charge is 0.472 e. The molecule has 0 aliphatic rings. The van der Waals surface area contributed by atoms with Crippen LogP contribution in [0.4, 0.5) is 0 Å². The van der Waals surface area contributed by atoms with Gasteiger partial charge < -0.3 is 9.73 Å². The van der Waals surface area contributed by atoms with Gasteiger partial charge in [0.1, 0.15) is 0 Å². The van der Waals surface area contributed by atoms with E-state index in [1.54, 1.807) is 6.26 Å². The Bertz CT molecular complexity index is 472. The van der Waals surface area contributed by atoms with E-state index in [0.717, 1.165) is 16.8 Å². The first kappa shape index (κ1) is 13.7. The molecule has 1 N–H and O–H groups in total. The minimum atomic E-state index is 0.325. The van der Waals surface area contributed by atoms with Crippen molar-refractivity contribution in [2.45, 2.75) is 17.9 Å². The van der Waals surface area contributed by atoms with Crippen LogP contribution >= 0.6 is 27.7 Å². The van der Waals surface area contributed by atoms with Crippen molar-refractivity contribution in [3.63, 3.8) is 0 Å². The third-order valence-corrected chi connectivity index (χ3v) is 4.76. The molecule has 0 aliphatic carbocycles. The summed E-state index contributed by atoms with van der Waals surface area (Å²) in [5, 5.41) is 3.48. The molecule has 18 heavy (non-hydrogen) atoms. The van der Waals surface area contributed by atoms with Crippen molar-refractivity contribution in [1.82, 2.24) is 5.32 Å². The van der Waals surface area contributed by atoms with Crippen LogP contribution in [0.15, 0.2) is 56.6 Å². The summed E-state index contributed by atoms with van der Waals surface area (Å²) >= 11 is 5.42. The summed E-state index contributed by atoms with van der Waals surface area (Å²) in [6, 6.07) is 10.6. The van der Waals surface area contributed by atoms with E-state index < -0.39 is 0 Å². The SMILES string of the molecule is CCNC(CSc1ccccc1Br)c1ccoc1. The average Bonchev–Trinajstić information content (AvgIpc) is 2.90. The van der Waals surface area contributed by atoms with Gasteiger partial charge in [-0.15, -0.1) is 11.8 Å². The Kier molecular flexibility index (Phi) is 5.35. The second-order valence-electron chi connectivity index (χ2n) is 3.91. The fourth-order valence-electron chi connectivity index (χ4n) is 1.73. The van der Waals surface area contributed by atoms with E-state index in [1.165, 1.54) is 10.5 Å². The molecule has 0 spiro atoms. The van der Waals surface area contributed by atoms with Crippen LogP contribution in [0, 0.1) is 0 Å². The number of hydrogen-bond acceptors (Lipinski definition) is 3. The standard InChI is InChI=1S/C14H16BrNOS/c1-2-16-13(11-7-8-17-9-11)10-18-14-6-4-3-5-12(14)15/h3-9,13,16H,2,10H2,1H3. The van der Waals surface area contributed by atoms with Gasteiger partial charge in [0, 0.05) is 26.7 Å². The van der Waals surface area contributed by atoms with Crippen molar-refractivity contribution in [1.29, 1.82) is 0 Å². The molecule has 4 heteroatoms. The van der Waals surface area contributed by atoms with Crippen LogP contribution in [0.5, 0.6) is 0 Å². The Morgan fingerprint density at radius 2 is 2.17 bits per heavy atom. The Morgan fingerprint density at radius 1 is 1.33 bits per heavy atom. The van der Waals surface area contributed by atoms with Gasteiger partial charge in [0.2, 0.25) is 0 Å². The fourth-order valence-corrected chi connectivity index (χ4v) is 3.39. The molecular formula is C14H16BrNOS. The predicted octanol–water partition coefficient (Wildman–Crippen LogP) is 4.49. The summed E-state index contributed by atoms with van der Waals surface area (Å²) in [5.41, 5.74) is 1.21. The van der Waals surface area contributed by atoms with E-state index in [1.807, 2.05) is 30.2 Å². The van der Waals surface area contributed by atoms with Gasteiger partial charge >= 0.3 is 0 Å². The van der Waals surface area contributed by atoms with E-state index >= 15 is 0 Å². The maximum Gasteiger partial charge on any atom is 0.0950 e. The van der Waals surface area contributed by atoms with E-state index in [9.17, 15) is 0 Å². The normalized spacial score (nSPS) is 12.6. The van der Waals surface area contributed by atoms with E-state index in [-0.39, 0.29) is 0 Å². The lowest BCUT2D eigenvalue weighted by Crippen LogP contribution is -2.22. The van der Waals surface area contributed by atoms with Gasteiger partial charge in [0.15, 0.2) is 0 Å². The molecule has 2 aromatic rings. The van der Waals surface area contributed by atoms with Crippen LogP contribution in [-0.4, -0.2) is 12.3 Å². The van der Waals surface area contributed by atoms with Crippen molar-refractivity contribution in [2.75, 3.05) is 12.3 Å². The molecule has 1 aromatic carbocycles. The average molecular weight is 326 g/mol. The molecule has 0 amide bonds. The van der Waals surface area contributed by atoms with Gasteiger partial charge in [0.05, 0.1) is 12.5 Å². The van der Waals surface area contributed by atoms with Crippen molar-refractivity contribution < 1.29 is 4.42 Å². The van der Waals surface area contributed by atoms with Crippen molar-refractivity contribution in [3.8, 4) is 0 Å². The Labute approximate surface area is 120 Å². The molecule has 1 unspecified atom stereocenters. The Balaban J connectivity index is 2.00. The molecule has 96 valence electrons. The minimum Gasteiger partial charge on any atom is -0.472 e. The number of benzene rings is 1. The Hall–Kier alpha value is -0.710. The van der Waals surface area contributed by atoms with Gasteiger partial charge in [-0.05, 0) is 40.7 Å². The van der Waals surface area contributed by atoms with Gasteiger partial charge in [-0.25, -0.2) is 0 Å². The maximum atomic E-state index is 5.16. The first-order valence-electron chi connectivity index (χ1n) is 5.94. The first-order chi connectivity index (χ1) is 8.81. The Morgan fingerprint density at radius 3 is 2.83 bits per heavy atom. The van der Waals surface area contributed by atoms with Gasteiger partial charge in [-0.3, -0.25) is 0 Å². The smallest absolute Gasteiger partial charge is 0.0950 e. The highest BCUT2D eigenvalue weighted by Gasteiger charge is 2.12. The molecule has 2 rings (SSSR count). The highest BCUT2D eigenvalue weighted by molar-refractivity contribution is 9.10. The third kappa shape index (κ3) is 3.64. The molecule has 1 aromatic heterocycles. The minimum absolute atomic E-state index is 0.325. The van der Waals surface area contributed by atoms with E-state index in [2.05, 4.69) is 46.4 Å². The molecule has 1 atom stereocenters. The summed E-state index contributed by atoms with van der Waals surface area (Å²) in [6.07, 6.45) is 3.54. The highest BCUT2D eigenvalue weighted by atomic mass is 79.9. The van der Waals surface area contributed by atoms with E-state index in [0.29, 0.717) is 6.04 Å². The zero-order valence-corrected chi connectivity index (χ0v) is 12.6. The lowest BCUT2D eigenvalue weighted by molar-refractivity contribution is 0.548. The summed E-state index contributed by atoms with van der Waals surface area (Å²) in [7, 11) is 0. The number of furan rings is 1. The van der Waals surface area contributed by atoms with Crippen LogP contribution in [0.3, 0.4) is 0 Å². The van der Waals surface area contributed by atoms with Crippen LogP contribution < -0.4 is 5.32 Å². The number of hydrogen-bond donors (Lipinski definition) is 1. The van der Waals surface area contributed by atoms with Gasteiger partial charge in [-0.1, -0.05) is 19.1 Å².